The molecule has 0 bridgehead atoms. The molecule has 0 unspecified atom stereocenters. The highest BCUT2D eigenvalue weighted by molar-refractivity contribution is 5.97. The van der Waals surface area contributed by atoms with Crippen molar-refractivity contribution in [1.29, 1.82) is 0 Å². The first kappa shape index (κ1) is 16.4. The van der Waals surface area contributed by atoms with Crippen LogP contribution in [0.2, 0.25) is 0 Å². The second kappa shape index (κ2) is 6.60. The lowest BCUT2D eigenvalue weighted by Crippen LogP contribution is -2.45. The minimum Gasteiger partial charge on any atom is -0.548 e. The molecule has 1 heterocycles. The van der Waals surface area contributed by atoms with E-state index >= 15 is 0 Å². The number of carbonyl (C=O) groups is 2. The van der Waals surface area contributed by atoms with Gasteiger partial charge in [0, 0.05) is 10.9 Å². The van der Waals surface area contributed by atoms with Gasteiger partial charge in [-0.15, -0.1) is 0 Å². The first-order valence-electron chi connectivity index (χ1n) is 7.61. The van der Waals surface area contributed by atoms with Gasteiger partial charge in [-0.1, -0.05) is 30.3 Å². The van der Waals surface area contributed by atoms with Crippen molar-refractivity contribution in [3.8, 4) is 11.1 Å². The summed E-state index contributed by atoms with van der Waals surface area (Å²) in [5.41, 5.74) is 1.03. The van der Waals surface area contributed by atoms with E-state index in [4.69, 9.17) is 4.42 Å². The Hall–Kier alpha value is -3.41. The van der Waals surface area contributed by atoms with Crippen molar-refractivity contribution in [3.63, 3.8) is 0 Å². The summed E-state index contributed by atoms with van der Waals surface area (Å²) in [7, 11) is 0. The Bertz CT molecular complexity index is 1020. The highest BCUT2D eigenvalue weighted by atomic mass is 16.4. The van der Waals surface area contributed by atoms with Crippen molar-refractivity contribution in [1.82, 2.24) is 5.32 Å². The maximum Gasteiger partial charge on any atom is 0.344 e. The number of carboxylic acids is 1. The maximum atomic E-state index is 12.2. The van der Waals surface area contributed by atoms with E-state index in [-0.39, 0.29) is 5.56 Å². The Morgan fingerprint density at radius 1 is 1.08 bits per heavy atom. The van der Waals surface area contributed by atoms with E-state index in [0.29, 0.717) is 16.7 Å². The number of rotatable bonds is 4. The summed E-state index contributed by atoms with van der Waals surface area (Å²) < 4.78 is 5.30. The Labute approximate surface area is 142 Å². The van der Waals surface area contributed by atoms with E-state index in [1.807, 2.05) is 12.1 Å². The Kier molecular flexibility index (Phi) is 4.35. The molecule has 0 fully saturated rings. The Balaban J connectivity index is 1.99. The highest BCUT2D eigenvalue weighted by Gasteiger charge is 2.13. The van der Waals surface area contributed by atoms with Gasteiger partial charge >= 0.3 is 5.63 Å². The van der Waals surface area contributed by atoms with Crippen molar-refractivity contribution < 1.29 is 19.1 Å². The molecule has 0 radical (unpaired) electrons. The molecule has 0 spiro atoms. The van der Waals surface area contributed by atoms with Crippen LogP contribution in [0.25, 0.3) is 22.1 Å². The summed E-state index contributed by atoms with van der Waals surface area (Å²) in [4.78, 5) is 35.1. The van der Waals surface area contributed by atoms with Crippen molar-refractivity contribution in [3.05, 3.63) is 70.6 Å². The van der Waals surface area contributed by atoms with Crippen molar-refractivity contribution in [2.24, 2.45) is 0 Å². The van der Waals surface area contributed by atoms with Gasteiger partial charge in [0.1, 0.15) is 5.58 Å². The van der Waals surface area contributed by atoms with Crippen molar-refractivity contribution in [2.75, 3.05) is 0 Å². The maximum absolute atomic E-state index is 12.2. The zero-order chi connectivity index (χ0) is 18.0. The number of hydrogen-bond donors (Lipinski definition) is 1. The van der Waals surface area contributed by atoms with E-state index in [0.717, 1.165) is 5.39 Å². The first-order chi connectivity index (χ1) is 12.0. The molecular weight excluding hydrogens is 322 g/mol. The predicted molar refractivity (Wildman–Crippen MR) is 89.9 cm³/mol. The minimum absolute atomic E-state index is 0.234. The van der Waals surface area contributed by atoms with Gasteiger partial charge in [0.05, 0.1) is 17.6 Å². The van der Waals surface area contributed by atoms with Crippen LogP contribution in [0.5, 0.6) is 0 Å². The molecule has 3 aromatic rings. The largest absolute Gasteiger partial charge is 0.548 e. The molecule has 25 heavy (non-hydrogen) atoms. The van der Waals surface area contributed by atoms with Gasteiger partial charge in [-0.25, -0.2) is 4.79 Å². The number of benzene rings is 2. The van der Waals surface area contributed by atoms with Gasteiger partial charge in [0.25, 0.3) is 5.91 Å². The predicted octanol–water partition coefficient (Wildman–Crippen LogP) is 1.33. The van der Waals surface area contributed by atoms with Gasteiger partial charge in [-0.2, -0.15) is 0 Å². The molecule has 1 aromatic heterocycles. The van der Waals surface area contributed by atoms with Crippen LogP contribution in [-0.4, -0.2) is 17.9 Å². The Morgan fingerprint density at radius 2 is 1.84 bits per heavy atom. The molecule has 0 aliphatic carbocycles. The lowest BCUT2D eigenvalue weighted by molar-refractivity contribution is -0.307. The SMILES string of the molecule is C[C@H](NC(=O)c1cccc(-c2cc3ccccc3oc2=O)c1)C(=O)[O-]. The molecule has 6 nitrogen and oxygen atoms in total. The molecule has 1 atom stereocenters. The van der Waals surface area contributed by atoms with Crippen molar-refractivity contribution >= 4 is 22.8 Å². The van der Waals surface area contributed by atoms with Gasteiger partial charge in [-0.3, -0.25) is 4.79 Å². The average Bonchev–Trinajstić information content (AvgIpc) is 2.61. The molecule has 0 aliphatic heterocycles. The fourth-order valence-corrected chi connectivity index (χ4v) is 2.43. The summed E-state index contributed by atoms with van der Waals surface area (Å²) in [5, 5.41) is 13.8. The number of amides is 1. The minimum atomic E-state index is -1.38. The van der Waals surface area contributed by atoms with Crippen LogP contribution in [0.3, 0.4) is 0 Å². The van der Waals surface area contributed by atoms with E-state index in [1.165, 1.54) is 19.1 Å². The third kappa shape index (κ3) is 3.42. The van der Waals surface area contributed by atoms with Crippen LogP contribution in [0.1, 0.15) is 17.3 Å². The van der Waals surface area contributed by atoms with Gasteiger partial charge < -0.3 is 19.6 Å². The van der Waals surface area contributed by atoms with Gasteiger partial charge in [0.15, 0.2) is 0 Å². The molecule has 1 N–H and O–H groups in total. The topological polar surface area (TPSA) is 99.4 Å². The van der Waals surface area contributed by atoms with E-state index < -0.39 is 23.5 Å². The van der Waals surface area contributed by atoms with Gasteiger partial charge in [-0.05, 0) is 36.8 Å². The summed E-state index contributed by atoms with van der Waals surface area (Å²) in [6.07, 6.45) is 0. The number of fused-ring (bicyclic) bond motifs is 1. The fraction of sp³-hybridized carbons (Fsp3) is 0.105. The number of para-hydroxylation sites is 1. The summed E-state index contributed by atoms with van der Waals surface area (Å²) in [6, 6.07) is 14.0. The number of aliphatic carboxylic acids is 1. The number of nitrogens with one attached hydrogen (secondary N) is 1. The second-order valence-corrected chi connectivity index (χ2v) is 5.58. The quantitative estimate of drug-likeness (QED) is 0.725. The summed E-state index contributed by atoms with van der Waals surface area (Å²) >= 11 is 0. The third-order valence-corrected chi connectivity index (χ3v) is 3.78. The highest BCUT2D eigenvalue weighted by Crippen LogP contribution is 2.21. The molecule has 126 valence electrons. The van der Waals surface area contributed by atoms with Crippen LogP contribution in [0.15, 0.2) is 63.8 Å². The molecular formula is C19H14NO5-. The van der Waals surface area contributed by atoms with E-state index in [9.17, 15) is 19.5 Å². The summed E-state index contributed by atoms with van der Waals surface area (Å²) in [5.74, 6) is -1.94. The molecule has 0 aliphatic rings. The fourth-order valence-electron chi connectivity index (χ4n) is 2.43. The third-order valence-electron chi connectivity index (χ3n) is 3.78. The molecule has 6 heteroatoms. The first-order valence-corrected chi connectivity index (χ1v) is 7.61. The lowest BCUT2D eigenvalue weighted by atomic mass is 10.0. The van der Waals surface area contributed by atoms with E-state index in [1.54, 1.807) is 30.3 Å². The van der Waals surface area contributed by atoms with Crippen LogP contribution < -0.4 is 16.0 Å². The monoisotopic (exact) mass is 336 g/mol. The molecule has 1 amide bonds. The average molecular weight is 336 g/mol. The zero-order valence-corrected chi connectivity index (χ0v) is 13.3. The summed E-state index contributed by atoms with van der Waals surface area (Å²) in [6.45, 7) is 1.31. The smallest absolute Gasteiger partial charge is 0.344 e. The van der Waals surface area contributed by atoms with Crippen LogP contribution in [0.4, 0.5) is 0 Å². The number of hydrogen-bond acceptors (Lipinski definition) is 5. The molecule has 0 saturated heterocycles. The normalized spacial score (nSPS) is 11.9. The van der Waals surface area contributed by atoms with Gasteiger partial charge in [0.2, 0.25) is 0 Å². The standard InChI is InChI=1S/C19H15NO5/c1-11(18(22)23)20-17(21)14-7-4-6-12(9-14)15-10-13-5-2-3-8-16(13)25-19(15)24/h2-11H,1H3,(H,20,21)(H,22,23)/p-1/t11-/m0/s1. The second-order valence-electron chi connectivity index (χ2n) is 5.58. The lowest BCUT2D eigenvalue weighted by Gasteiger charge is -2.14. The number of carbonyl (C=O) groups excluding carboxylic acids is 2. The van der Waals surface area contributed by atoms with Crippen LogP contribution in [0, 0.1) is 0 Å². The van der Waals surface area contributed by atoms with Crippen LogP contribution >= 0.6 is 0 Å². The molecule has 0 saturated carbocycles. The van der Waals surface area contributed by atoms with Crippen LogP contribution in [-0.2, 0) is 4.79 Å². The van der Waals surface area contributed by atoms with Crippen molar-refractivity contribution in [2.45, 2.75) is 13.0 Å². The number of carboxylic acid groups (broad SMARTS) is 1. The molecule has 3 rings (SSSR count). The molecule has 2 aromatic carbocycles. The van der Waals surface area contributed by atoms with E-state index in [2.05, 4.69) is 5.32 Å². The zero-order valence-electron chi connectivity index (χ0n) is 13.3. The Morgan fingerprint density at radius 3 is 2.60 bits per heavy atom.